The number of halogens is 1. The molecule has 19 heavy (non-hydrogen) atoms. The lowest BCUT2D eigenvalue weighted by Gasteiger charge is -2.24. The Morgan fingerprint density at radius 3 is 2.47 bits per heavy atom. The highest BCUT2D eigenvalue weighted by atomic mass is 35.5. The Kier molecular flexibility index (Phi) is 3.58. The molecule has 0 saturated heterocycles. The van der Waals surface area contributed by atoms with Crippen LogP contribution in [-0.2, 0) is 6.54 Å². The number of nitrogens with one attached hydrogen (secondary N) is 1. The van der Waals surface area contributed by atoms with Gasteiger partial charge in [-0.05, 0) is 51.5 Å². The minimum Gasteiger partial charge on any atom is -0.393 e. The van der Waals surface area contributed by atoms with Crippen LogP contribution < -0.4 is 0 Å². The smallest absolute Gasteiger partial charge is 0.0951 e. The highest BCUT2D eigenvalue weighted by Crippen LogP contribution is 2.45. The van der Waals surface area contributed by atoms with Gasteiger partial charge < -0.3 is 5.11 Å². The summed E-state index contributed by atoms with van der Waals surface area (Å²) in [5.41, 5.74) is 1.88. The van der Waals surface area contributed by atoms with Gasteiger partial charge in [-0.3, -0.25) is 10.00 Å². The van der Waals surface area contributed by atoms with Crippen LogP contribution in [0.1, 0.15) is 37.1 Å². The first-order chi connectivity index (χ1) is 9.04. The van der Waals surface area contributed by atoms with Crippen LogP contribution in [0.2, 0.25) is 5.02 Å². The van der Waals surface area contributed by atoms with Gasteiger partial charge in [-0.25, -0.2) is 0 Å². The Labute approximate surface area is 119 Å². The summed E-state index contributed by atoms with van der Waals surface area (Å²) in [6.07, 6.45) is 4.36. The van der Waals surface area contributed by atoms with Crippen LogP contribution in [-0.4, -0.2) is 39.4 Å². The third-order valence-corrected chi connectivity index (χ3v) is 5.43. The van der Waals surface area contributed by atoms with Gasteiger partial charge in [0.2, 0.25) is 0 Å². The monoisotopic (exact) mass is 283 g/mol. The van der Waals surface area contributed by atoms with Crippen LogP contribution in [0, 0.1) is 18.8 Å². The Morgan fingerprint density at radius 1 is 1.32 bits per heavy atom. The standard InChI is InChI=1S/C14H22ClN3O/c1-8-14(15)13(17-16-8)7-18(2)11-3-9-5-12(19)6-10(9)4-11/h9-12,19H,3-7H2,1-2H3,(H,16,17)/t9-,10+,11?,12?. The van der Waals surface area contributed by atoms with Gasteiger partial charge >= 0.3 is 0 Å². The number of fused-ring (bicyclic) bond motifs is 1. The lowest BCUT2D eigenvalue weighted by Crippen LogP contribution is -2.30. The Morgan fingerprint density at radius 2 is 1.95 bits per heavy atom. The zero-order valence-electron chi connectivity index (χ0n) is 11.6. The first kappa shape index (κ1) is 13.4. The minimum atomic E-state index is -0.0512. The molecule has 2 unspecified atom stereocenters. The van der Waals surface area contributed by atoms with E-state index in [-0.39, 0.29) is 6.10 Å². The van der Waals surface area contributed by atoms with Crippen LogP contribution in [0.4, 0.5) is 0 Å². The number of aromatic nitrogens is 2. The zero-order valence-corrected chi connectivity index (χ0v) is 12.3. The Bertz CT molecular complexity index is 448. The number of rotatable bonds is 3. The van der Waals surface area contributed by atoms with Gasteiger partial charge in [-0.15, -0.1) is 0 Å². The maximum Gasteiger partial charge on any atom is 0.0951 e. The van der Waals surface area contributed by atoms with Crippen LogP contribution in [0.5, 0.6) is 0 Å². The second-order valence-electron chi connectivity index (χ2n) is 6.30. The second kappa shape index (κ2) is 5.08. The molecule has 1 heterocycles. The summed E-state index contributed by atoms with van der Waals surface area (Å²) in [4.78, 5) is 2.37. The Hall–Kier alpha value is -0.580. The summed E-state index contributed by atoms with van der Waals surface area (Å²) in [7, 11) is 2.16. The molecule has 0 radical (unpaired) electrons. The third kappa shape index (κ3) is 2.54. The highest BCUT2D eigenvalue weighted by molar-refractivity contribution is 6.31. The molecule has 2 saturated carbocycles. The molecule has 2 fully saturated rings. The highest BCUT2D eigenvalue weighted by Gasteiger charge is 2.42. The molecular formula is C14H22ClN3O. The molecule has 106 valence electrons. The van der Waals surface area contributed by atoms with Gasteiger partial charge in [-0.2, -0.15) is 5.10 Å². The van der Waals surface area contributed by atoms with Crippen LogP contribution >= 0.6 is 11.6 Å². The normalized spacial score (nSPS) is 34.2. The van der Waals surface area contributed by atoms with E-state index in [0.717, 1.165) is 47.6 Å². The second-order valence-corrected chi connectivity index (χ2v) is 6.67. The van der Waals surface area contributed by atoms with Crippen LogP contribution in [0.15, 0.2) is 0 Å². The van der Waals surface area contributed by atoms with Crippen molar-refractivity contribution in [2.75, 3.05) is 7.05 Å². The first-order valence-electron chi connectivity index (χ1n) is 7.12. The molecule has 5 heteroatoms. The number of aliphatic hydroxyl groups excluding tert-OH is 1. The SMILES string of the molecule is Cc1[nH]nc(CN(C)C2C[C@H]3CC(O)C[C@H]3C2)c1Cl. The van der Waals surface area contributed by atoms with Gasteiger partial charge in [0.1, 0.15) is 0 Å². The predicted molar refractivity (Wildman–Crippen MR) is 75.0 cm³/mol. The van der Waals surface area contributed by atoms with Gasteiger partial charge in [0.05, 0.1) is 22.5 Å². The lowest BCUT2D eigenvalue weighted by molar-refractivity contribution is 0.158. The van der Waals surface area contributed by atoms with E-state index in [4.69, 9.17) is 11.6 Å². The fourth-order valence-electron chi connectivity index (χ4n) is 3.85. The molecule has 0 amide bonds. The van der Waals surface area contributed by atoms with E-state index in [1.54, 1.807) is 0 Å². The van der Waals surface area contributed by atoms with Gasteiger partial charge in [-0.1, -0.05) is 11.6 Å². The molecule has 0 spiro atoms. The zero-order chi connectivity index (χ0) is 13.6. The summed E-state index contributed by atoms with van der Waals surface area (Å²) in [5.74, 6) is 1.44. The van der Waals surface area contributed by atoms with E-state index in [2.05, 4.69) is 22.1 Å². The minimum absolute atomic E-state index is 0.0512. The first-order valence-corrected chi connectivity index (χ1v) is 7.50. The van der Waals surface area contributed by atoms with Crippen molar-refractivity contribution in [2.24, 2.45) is 11.8 Å². The topological polar surface area (TPSA) is 52.2 Å². The van der Waals surface area contributed by atoms with Crippen molar-refractivity contribution in [2.45, 2.75) is 51.3 Å². The van der Waals surface area contributed by atoms with Crippen molar-refractivity contribution in [3.63, 3.8) is 0 Å². The van der Waals surface area contributed by atoms with E-state index in [1.807, 2.05) is 6.92 Å². The lowest BCUT2D eigenvalue weighted by atomic mass is 10.0. The summed E-state index contributed by atoms with van der Waals surface area (Å²) in [6, 6.07) is 0.607. The molecule has 2 N–H and O–H groups in total. The van der Waals surface area contributed by atoms with Crippen LogP contribution in [0.3, 0.4) is 0 Å². The molecule has 2 aliphatic carbocycles. The molecule has 0 aromatic carbocycles. The van der Waals surface area contributed by atoms with Gasteiger partial charge in [0.25, 0.3) is 0 Å². The van der Waals surface area contributed by atoms with E-state index >= 15 is 0 Å². The summed E-state index contributed by atoms with van der Waals surface area (Å²) >= 11 is 6.22. The van der Waals surface area contributed by atoms with E-state index < -0.39 is 0 Å². The van der Waals surface area contributed by atoms with E-state index in [1.165, 1.54) is 12.8 Å². The molecule has 4 atom stereocenters. The fraction of sp³-hybridized carbons (Fsp3) is 0.786. The van der Waals surface area contributed by atoms with Gasteiger partial charge in [0, 0.05) is 12.6 Å². The molecule has 2 aliphatic rings. The number of aliphatic hydroxyl groups is 1. The van der Waals surface area contributed by atoms with Crippen molar-refractivity contribution < 1.29 is 5.11 Å². The van der Waals surface area contributed by atoms with Crippen molar-refractivity contribution in [1.82, 2.24) is 15.1 Å². The molecule has 4 nitrogen and oxygen atoms in total. The summed E-state index contributed by atoms with van der Waals surface area (Å²) in [6.45, 7) is 2.75. The molecule has 0 bridgehead atoms. The number of hydrogen-bond donors (Lipinski definition) is 2. The third-order valence-electron chi connectivity index (χ3n) is 4.93. The average Bonchev–Trinajstić information content (AvgIpc) is 2.97. The largest absolute Gasteiger partial charge is 0.393 e. The molecule has 3 rings (SSSR count). The van der Waals surface area contributed by atoms with Crippen molar-refractivity contribution in [1.29, 1.82) is 0 Å². The fourth-order valence-corrected chi connectivity index (χ4v) is 3.99. The number of nitrogens with zero attached hydrogens (tertiary/aromatic N) is 2. The maximum absolute atomic E-state index is 9.69. The average molecular weight is 284 g/mol. The summed E-state index contributed by atoms with van der Waals surface area (Å²) in [5, 5.41) is 17.7. The predicted octanol–water partition coefficient (Wildman–Crippen LogP) is 2.35. The number of aromatic amines is 1. The van der Waals surface area contributed by atoms with Crippen molar-refractivity contribution >= 4 is 11.6 Å². The molecule has 1 aromatic rings. The molecule has 1 aromatic heterocycles. The van der Waals surface area contributed by atoms with E-state index in [0.29, 0.717) is 6.04 Å². The number of H-pyrrole nitrogens is 1. The van der Waals surface area contributed by atoms with Crippen LogP contribution in [0.25, 0.3) is 0 Å². The van der Waals surface area contributed by atoms with Crippen molar-refractivity contribution in [3.05, 3.63) is 16.4 Å². The van der Waals surface area contributed by atoms with E-state index in [9.17, 15) is 5.11 Å². The number of aryl methyl sites for hydroxylation is 1. The number of hydrogen-bond acceptors (Lipinski definition) is 3. The Balaban J connectivity index is 1.60. The molecular weight excluding hydrogens is 262 g/mol. The maximum atomic E-state index is 9.69. The molecule has 0 aliphatic heterocycles. The van der Waals surface area contributed by atoms with Gasteiger partial charge in [0.15, 0.2) is 0 Å². The summed E-state index contributed by atoms with van der Waals surface area (Å²) < 4.78 is 0. The van der Waals surface area contributed by atoms with Crippen molar-refractivity contribution in [3.8, 4) is 0 Å². The quantitative estimate of drug-likeness (QED) is 0.895.